The highest BCUT2D eigenvalue weighted by Crippen LogP contribution is 2.27. The van der Waals surface area contributed by atoms with E-state index in [1.807, 2.05) is 6.92 Å². The number of aliphatic hydroxyl groups is 1. The first-order valence-corrected chi connectivity index (χ1v) is 7.22. The Balaban J connectivity index is 2.52. The van der Waals surface area contributed by atoms with Crippen LogP contribution in [0.1, 0.15) is 13.3 Å². The highest BCUT2D eigenvalue weighted by atomic mass is 79.9. The molecular weight excluding hydrogens is 334 g/mol. The normalized spacial score (nSPS) is 10.3. The zero-order valence-corrected chi connectivity index (χ0v) is 13.1. The van der Waals surface area contributed by atoms with Gasteiger partial charge in [0.05, 0.1) is 5.02 Å². The van der Waals surface area contributed by atoms with Crippen molar-refractivity contribution in [3.05, 3.63) is 27.7 Å². The Morgan fingerprint density at radius 1 is 1.53 bits per heavy atom. The number of halogens is 2. The average molecular weight is 351 g/mol. The molecule has 0 bridgehead atoms. The minimum atomic E-state index is -0.116. The topological polar surface area (TPSA) is 49.8 Å². The van der Waals surface area contributed by atoms with Crippen LogP contribution >= 0.6 is 27.5 Å². The minimum Gasteiger partial charge on any atom is -0.482 e. The molecule has 1 amide bonds. The molecule has 1 N–H and O–H groups in total. The maximum absolute atomic E-state index is 11.9. The van der Waals surface area contributed by atoms with Crippen molar-refractivity contribution in [3.63, 3.8) is 0 Å². The van der Waals surface area contributed by atoms with Crippen molar-refractivity contribution in [2.75, 3.05) is 26.3 Å². The van der Waals surface area contributed by atoms with Crippen LogP contribution in [0.3, 0.4) is 0 Å². The number of carbonyl (C=O) groups excluding carboxylic acids is 1. The molecule has 6 heteroatoms. The molecular formula is C13H17BrClNO3. The van der Waals surface area contributed by atoms with Crippen molar-refractivity contribution in [1.29, 1.82) is 0 Å². The van der Waals surface area contributed by atoms with Crippen LogP contribution in [0.25, 0.3) is 0 Å². The fraction of sp³-hybridized carbons (Fsp3) is 0.462. The third kappa shape index (κ3) is 5.38. The fourth-order valence-corrected chi connectivity index (χ4v) is 2.27. The number of rotatable bonds is 7. The molecule has 0 aliphatic heterocycles. The first-order valence-electron chi connectivity index (χ1n) is 6.05. The zero-order valence-electron chi connectivity index (χ0n) is 10.7. The van der Waals surface area contributed by atoms with Gasteiger partial charge >= 0.3 is 0 Å². The molecule has 0 saturated heterocycles. The molecule has 4 nitrogen and oxygen atoms in total. The zero-order chi connectivity index (χ0) is 14.3. The van der Waals surface area contributed by atoms with Crippen LogP contribution in [-0.2, 0) is 4.79 Å². The second-order valence-corrected chi connectivity index (χ2v) is 5.24. The maximum atomic E-state index is 11.9. The lowest BCUT2D eigenvalue weighted by Crippen LogP contribution is -2.35. The number of aliphatic hydroxyl groups excluding tert-OH is 1. The van der Waals surface area contributed by atoms with Gasteiger partial charge in [-0.2, -0.15) is 0 Å². The van der Waals surface area contributed by atoms with E-state index < -0.39 is 0 Å². The number of hydrogen-bond acceptors (Lipinski definition) is 3. The molecule has 0 atom stereocenters. The number of amides is 1. The average Bonchev–Trinajstić information content (AvgIpc) is 2.38. The van der Waals surface area contributed by atoms with E-state index in [2.05, 4.69) is 15.9 Å². The summed E-state index contributed by atoms with van der Waals surface area (Å²) >= 11 is 9.30. The van der Waals surface area contributed by atoms with Crippen LogP contribution in [0, 0.1) is 0 Å². The largest absolute Gasteiger partial charge is 0.482 e. The van der Waals surface area contributed by atoms with E-state index in [0.29, 0.717) is 30.3 Å². The highest BCUT2D eigenvalue weighted by Gasteiger charge is 2.12. The monoisotopic (exact) mass is 349 g/mol. The van der Waals surface area contributed by atoms with Crippen molar-refractivity contribution in [3.8, 4) is 5.75 Å². The molecule has 0 heterocycles. The summed E-state index contributed by atoms with van der Waals surface area (Å²) in [6.45, 7) is 3.03. The SMILES string of the molecule is CCN(CCCO)C(=O)COc1ccc(Br)cc1Cl. The molecule has 1 aromatic rings. The van der Waals surface area contributed by atoms with Gasteiger partial charge < -0.3 is 14.7 Å². The molecule has 19 heavy (non-hydrogen) atoms. The molecule has 0 unspecified atom stereocenters. The first kappa shape index (κ1) is 16.3. The third-order valence-electron chi connectivity index (χ3n) is 2.57. The molecule has 1 rings (SSSR count). The van der Waals surface area contributed by atoms with E-state index in [0.717, 1.165) is 4.47 Å². The van der Waals surface area contributed by atoms with Crippen LogP contribution in [-0.4, -0.2) is 42.2 Å². The number of benzene rings is 1. The van der Waals surface area contributed by atoms with Crippen LogP contribution in [0.5, 0.6) is 5.75 Å². The van der Waals surface area contributed by atoms with Crippen molar-refractivity contribution in [2.24, 2.45) is 0 Å². The second kappa shape index (κ2) is 8.40. The van der Waals surface area contributed by atoms with Gasteiger partial charge in [-0.1, -0.05) is 27.5 Å². The van der Waals surface area contributed by atoms with Gasteiger partial charge in [0, 0.05) is 24.2 Å². The number of ether oxygens (including phenoxy) is 1. The molecule has 0 spiro atoms. The number of hydrogen-bond donors (Lipinski definition) is 1. The van der Waals surface area contributed by atoms with Gasteiger partial charge in [0.15, 0.2) is 6.61 Å². The lowest BCUT2D eigenvalue weighted by Gasteiger charge is -2.20. The molecule has 0 radical (unpaired) electrons. The Labute approximate surface area is 126 Å². The van der Waals surface area contributed by atoms with Crippen molar-refractivity contribution >= 4 is 33.4 Å². The molecule has 1 aromatic carbocycles. The number of nitrogens with zero attached hydrogens (tertiary/aromatic N) is 1. The van der Waals surface area contributed by atoms with E-state index in [4.69, 9.17) is 21.4 Å². The highest BCUT2D eigenvalue weighted by molar-refractivity contribution is 9.10. The van der Waals surface area contributed by atoms with Crippen LogP contribution < -0.4 is 4.74 Å². The third-order valence-corrected chi connectivity index (χ3v) is 3.35. The van der Waals surface area contributed by atoms with Gasteiger partial charge in [0.1, 0.15) is 5.75 Å². The van der Waals surface area contributed by atoms with Gasteiger partial charge in [0.2, 0.25) is 0 Å². The minimum absolute atomic E-state index is 0.0549. The Bertz CT molecular complexity index is 428. The summed E-state index contributed by atoms with van der Waals surface area (Å²) in [5.74, 6) is 0.367. The number of carbonyl (C=O) groups is 1. The number of likely N-dealkylation sites (N-methyl/N-ethyl adjacent to an activating group) is 1. The predicted octanol–water partition coefficient (Wildman–Crippen LogP) is 2.71. The summed E-state index contributed by atoms with van der Waals surface area (Å²) in [7, 11) is 0. The molecule has 106 valence electrons. The van der Waals surface area contributed by atoms with Gasteiger partial charge in [0.25, 0.3) is 5.91 Å². The summed E-state index contributed by atoms with van der Waals surface area (Å²) in [5, 5.41) is 9.23. The smallest absolute Gasteiger partial charge is 0.260 e. The lowest BCUT2D eigenvalue weighted by molar-refractivity contribution is -0.133. The summed E-state index contributed by atoms with van der Waals surface area (Å²) in [5.41, 5.74) is 0. The molecule has 0 aliphatic carbocycles. The van der Waals surface area contributed by atoms with E-state index >= 15 is 0 Å². The first-order chi connectivity index (χ1) is 9.08. The Morgan fingerprint density at radius 2 is 2.26 bits per heavy atom. The van der Waals surface area contributed by atoms with Crippen LogP contribution in [0.15, 0.2) is 22.7 Å². The second-order valence-electron chi connectivity index (χ2n) is 3.91. The van der Waals surface area contributed by atoms with E-state index in [1.54, 1.807) is 23.1 Å². The van der Waals surface area contributed by atoms with Crippen molar-refractivity contribution in [2.45, 2.75) is 13.3 Å². The molecule has 0 aromatic heterocycles. The quantitative estimate of drug-likeness (QED) is 0.822. The molecule has 0 aliphatic rings. The maximum Gasteiger partial charge on any atom is 0.260 e. The van der Waals surface area contributed by atoms with E-state index in [1.165, 1.54) is 0 Å². The summed E-state index contributed by atoms with van der Waals surface area (Å²) in [4.78, 5) is 13.5. The Morgan fingerprint density at radius 3 is 2.84 bits per heavy atom. The van der Waals surface area contributed by atoms with E-state index in [9.17, 15) is 4.79 Å². The van der Waals surface area contributed by atoms with Crippen molar-refractivity contribution in [1.82, 2.24) is 4.90 Å². The van der Waals surface area contributed by atoms with Gasteiger partial charge in [-0.25, -0.2) is 0 Å². The van der Waals surface area contributed by atoms with Crippen LogP contribution in [0.4, 0.5) is 0 Å². The van der Waals surface area contributed by atoms with Gasteiger partial charge in [-0.3, -0.25) is 4.79 Å². The predicted molar refractivity (Wildman–Crippen MR) is 78.6 cm³/mol. The van der Waals surface area contributed by atoms with Crippen LogP contribution in [0.2, 0.25) is 5.02 Å². The van der Waals surface area contributed by atoms with Gasteiger partial charge in [-0.05, 0) is 31.5 Å². The fourth-order valence-electron chi connectivity index (χ4n) is 1.54. The van der Waals surface area contributed by atoms with E-state index in [-0.39, 0.29) is 19.1 Å². The Hall–Kier alpha value is -0.780. The molecule has 0 saturated carbocycles. The van der Waals surface area contributed by atoms with Crippen molar-refractivity contribution < 1.29 is 14.6 Å². The lowest BCUT2D eigenvalue weighted by atomic mass is 10.3. The standard InChI is InChI=1S/C13H17BrClNO3/c1-2-16(6-3-7-17)13(18)9-19-12-5-4-10(14)8-11(12)15/h4-5,8,17H,2-3,6-7,9H2,1H3. The summed E-state index contributed by atoms with van der Waals surface area (Å²) < 4.78 is 6.27. The molecule has 0 fully saturated rings. The van der Waals surface area contributed by atoms with Gasteiger partial charge in [-0.15, -0.1) is 0 Å². The Kier molecular flexibility index (Phi) is 7.20. The summed E-state index contributed by atoms with van der Waals surface area (Å²) in [6, 6.07) is 5.23. The summed E-state index contributed by atoms with van der Waals surface area (Å²) in [6.07, 6.45) is 0.568.